The van der Waals surface area contributed by atoms with Crippen molar-refractivity contribution in [1.82, 2.24) is 0 Å². The van der Waals surface area contributed by atoms with E-state index in [9.17, 15) is 0 Å². The van der Waals surface area contributed by atoms with Crippen molar-refractivity contribution in [3.05, 3.63) is 64.2 Å². The third-order valence-corrected chi connectivity index (χ3v) is 11.3. The van der Waals surface area contributed by atoms with Crippen LogP contribution in [-0.2, 0) is 32.1 Å². The Morgan fingerprint density at radius 3 is 1.68 bits per heavy atom. The number of aryl methyl sites for hydroxylation is 5. The second-order valence-electron chi connectivity index (χ2n) is 11.1. The molecule has 0 fully saturated rings. The van der Waals surface area contributed by atoms with Gasteiger partial charge in [-0.3, -0.25) is 0 Å². The minimum Gasteiger partial charge on any atom is -0.179 e. The summed E-state index contributed by atoms with van der Waals surface area (Å²) >= 11 is 10.6. The number of thiophene rings is 3. The van der Waals surface area contributed by atoms with Crippen molar-refractivity contribution < 1.29 is 0 Å². The van der Waals surface area contributed by atoms with Crippen LogP contribution >= 0.6 is 46.6 Å². The topological polar surface area (TPSA) is 0 Å². The normalized spacial score (nSPS) is 11.6. The van der Waals surface area contributed by atoms with Crippen molar-refractivity contribution in [3.8, 4) is 0 Å². The van der Waals surface area contributed by atoms with E-state index in [1.165, 1.54) is 106 Å². The number of rotatable bonds is 20. The van der Waals surface area contributed by atoms with Crippen LogP contribution in [0.2, 0.25) is 0 Å². The third kappa shape index (κ3) is 10.8. The first-order valence-corrected chi connectivity index (χ1v) is 18.5. The van der Waals surface area contributed by atoms with Crippen LogP contribution in [0.1, 0.15) is 137 Å². The third-order valence-electron chi connectivity index (χ3n) is 7.66. The largest absolute Gasteiger partial charge is 0.179 e. The highest BCUT2D eigenvalue weighted by atomic mass is 32.1. The maximum absolute atomic E-state index is 4.36. The molecule has 0 aliphatic carbocycles. The van der Waals surface area contributed by atoms with Crippen LogP contribution in [0.3, 0.4) is 0 Å². The molecule has 3 aromatic heterocycles. The smallest absolute Gasteiger partial charge is 0.0166 e. The van der Waals surface area contributed by atoms with Gasteiger partial charge in [-0.1, -0.05) is 65.2 Å². The predicted molar refractivity (Wildman–Crippen MR) is 180 cm³/mol. The predicted octanol–water partition coefficient (Wildman–Crippen LogP) is 11.9. The summed E-state index contributed by atoms with van der Waals surface area (Å²) in [6.45, 7) is 9.25. The average molecular weight is 589 g/mol. The Morgan fingerprint density at radius 2 is 1.05 bits per heavy atom. The van der Waals surface area contributed by atoms with Crippen molar-refractivity contribution in [3.63, 3.8) is 0 Å². The molecular formula is C34H52S4. The fourth-order valence-electron chi connectivity index (χ4n) is 5.46. The zero-order valence-corrected chi connectivity index (χ0v) is 28.0. The fraction of sp³-hybridized carbons (Fsp3) is 0.647. The van der Waals surface area contributed by atoms with Crippen molar-refractivity contribution in [2.24, 2.45) is 0 Å². The maximum atomic E-state index is 4.36. The summed E-state index contributed by atoms with van der Waals surface area (Å²) in [5.74, 6) is 1.03. The van der Waals surface area contributed by atoms with Gasteiger partial charge in [0.2, 0.25) is 0 Å². The van der Waals surface area contributed by atoms with E-state index in [2.05, 4.69) is 69.9 Å². The summed E-state index contributed by atoms with van der Waals surface area (Å²) in [5.41, 5.74) is 4.85. The minimum absolute atomic E-state index is 1.03. The maximum Gasteiger partial charge on any atom is 0.0166 e. The molecule has 0 aliphatic heterocycles. The van der Waals surface area contributed by atoms with Gasteiger partial charge in [0, 0.05) is 42.1 Å². The Kier molecular flexibility index (Phi) is 15.1. The summed E-state index contributed by atoms with van der Waals surface area (Å²) in [6, 6.07) is 7.60. The molecule has 0 nitrogen and oxygen atoms in total. The first-order valence-electron chi connectivity index (χ1n) is 15.4. The first kappa shape index (κ1) is 32.0. The molecule has 4 heteroatoms. The van der Waals surface area contributed by atoms with Crippen LogP contribution in [0.25, 0.3) is 0 Å². The van der Waals surface area contributed by atoms with Crippen molar-refractivity contribution in [1.29, 1.82) is 0 Å². The van der Waals surface area contributed by atoms with Crippen molar-refractivity contribution >= 4 is 46.6 Å². The standard InChI is InChI=1S/C34H52S4/c1-5-7-9-13-18-29-21-26(3)36-33(29)25-32-23-30(19-14-10-8-6-2)34(38-32)24-31-22-28(27(4)37-31)17-15-11-12-16-20-35/h21-23,35H,5-20,24-25H2,1-4H3. The monoisotopic (exact) mass is 588 g/mol. The highest BCUT2D eigenvalue weighted by molar-refractivity contribution is 7.80. The summed E-state index contributed by atoms with van der Waals surface area (Å²) in [5, 5.41) is 0. The second-order valence-corrected chi connectivity index (χ2v) is 15.5. The van der Waals surface area contributed by atoms with Gasteiger partial charge in [-0.05, 0) is 99.4 Å². The Bertz CT molecular complexity index is 1050. The van der Waals surface area contributed by atoms with E-state index in [1.807, 2.05) is 22.7 Å². The molecule has 0 spiro atoms. The second kappa shape index (κ2) is 18.0. The zero-order valence-electron chi connectivity index (χ0n) is 24.6. The fourth-order valence-corrected chi connectivity index (χ4v) is 9.33. The number of thiol groups is 1. The van der Waals surface area contributed by atoms with E-state index in [0.717, 1.165) is 18.6 Å². The molecule has 0 unspecified atom stereocenters. The van der Waals surface area contributed by atoms with Gasteiger partial charge in [0.15, 0.2) is 0 Å². The van der Waals surface area contributed by atoms with Crippen LogP contribution < -0.4 is 0 Å². The molecule has 0 amide bonds. The molecule has 0 N–H and O–H groups in total. The van der Waals surface area contributed by atoms with Gasteiger partial charge < -0.3 is 0 Å². The van der Waals surface area contributed by atoms with E-state index in [0.29, 0.717) is 0 Å². The van der Waals surface area contributed by atoms with Gasteiger partial charge in [0.1, 0.15) is 0 Å². The molecule has 0 aliphatic rings. The van der Waals surface area contributed by atoms with Gasteiger partial charge in [-0.2, -0.15) is 12.6 Å². The van der Waals surface area contributed by atoms with Gasteiger partial charge in [0.05, 0.1) is 0 Å². The lowest BCUT2D eigenvalue weighted by Crippen LogP contribution is -1.91. The van der Waals surface area contributed by atoms with Gasteiger partial charge in [-0.15, -0.1) is 34.0 Å². The van der Waals surface area contributed by atoms with E-state index >= 15 is 0 Å². The lowest BCUT2D eigenvalue weighted by Gasteiger charge is -2.03. The van der Waals surface area contributed by atoms with E-state index in [4.69, 9.17) is 0 Å². The highest BCUT2D eigenvalue weighted by Gasteiger charge is 2.15. The highest BCUT2D eigenvalue weighted by Crippen LogP contribution is 2.34. The molecule has 0 bridgehead atoms. The van der Waals surface area contributed by atoms with E-state index < -0.39 is 0 Å². The summed E-state index contributed by atoms with van der Waals surface area (Å²) in [4.78, 5) is 9.43. The zero-order chi connectivity index (χ0) is 27.2. The SMILES string of the molecule is CCCCCCc1cc(C)sc1Cc1cc(CCCCCC)c(Cc2cc(CCCCCCS)c(C)s2)s1. The Balaban J connectivity index is 1.70. The van der Waals surface area contributed by atoms with E-state index in [-0.39, 0.29) is 0 Å². The molecule has 0 atom stereocenters. The molecule has 3 rings (SSSR count). The quantitative estimate of drug-likeness (QED) is 0.0984. The van der Waals surface area contributed by atoms with Gasteiger partial charge >= 0.3 is 0 Å². The number of hydrogen-bond donors (Lipinski definition) is 1. The molecule has 0 aromatic carbocycles. The van der Waals surface area contributed by atoms with Crippen molar-refractivity contribution in [2.45, 2.75) is 137 Å². The Hall–Kier alpha value is -0.550. The van der Waals surface area contributed by atoms with Crippen LogP contribution in [-0.4, -0.2) is 5.75 Å². The molecule has 0 radical (unpaired) electrons. The summed E-state index contributed by atoms with van der Waals surface area (Å²) in [7, 11) is 0. The van der Waals surface area contributed by atoms with Crippen molar-refractivity contribution in [2.75, 3.05) is 5.75 Å². The molecule has 38 heavy (non-hydrogen) atoms. The first-order chi connectivity index (χ1) is 18.5. The Labute approximate surface area is 252 Å². The molecule has 3 heterocycles. The van der Waals surface area contributed by atoms with Crippen LogP contribution in [0, 0.1) is 13.8 Å². The molecular weight excluding hydrogens is 537 g/mol. The van der Waals surface area contributed by atoms with E-state index in [1.54, 1.807) is 36.2 Å². The van der Waals surface area contributed by atoms with Crippen LogP contribution in [0.15, 0.2) is 18.2 Å². The van der Waals surface area contributed by atoms with Crippen LogP contribution in [0.5, 0.6) is 0 Å². The number of unbranched alkanes of at least 4 members (excludes halogenated alkanes) is 9. The molecule has 0 saturated carbocycles. The summed E-state index contributed by atoms with van der Waals surface area (Å²) in [6.07, 6.45) is 22.0. The number of hydrogen-bond acceptors (Lipinski definition) is 4. The Morgan fingerprint density at radius 1 is 0.553 bits per heavy atom. The summed E-state index contributed by atoms with van der Waals surface area (Å²) < 4.78 is 0. The molecule has 0 saturated heterocycles. The average Bonchev–Trinajstić information content (AvgIpc) is 3.56. The minimum atomic E-state index is 1.03. The van der Waals surface area contributed by atoms with Gasteiger partial charge in [0.25, 0.3) is 0 Å². The molecule has 212 valence electrons. The van der Waals surface area contributed by atoms with Crippen LogP contribution in [0.4, 0.5) is 0 Å². The molecule has 3 aromatic rings. The van der Waals surface area contributed by atoms with Gasteiger partial charge in [-0.25, -0.2) is 0 Å². The lowest BCUT2D eigenvalue weighted by atomic mass is 10.0. The lowest BCUT2D eigenvalue weighted by molar-refractivity contribution is 0.665.